The number of nitrogens with zero attached hydrogens (tertiary/aromatic N) is 5. The standard InChI is InChI=1S/C25H25FN6O/c1-2-11-30-12-13-32-25(30)23(24(29-32)17-7-9-19(26)10-8-17)20-16-31(22(33)15-28-20)21-6-4-3-5-18(21)14-27/h3-10,15-16H,2,11-14,27H2,1H3. The van der Waals surface area contributed by atoms with E-state index in [1.54, 1.807) is 22.9 Å². The van der Waals surface area contributed by atoms with Gasteiger partial charge in [-0.05, 0) is 42.3 Å². The summed E-state index contributed by atoms with van der Waals surface area (Å²) in [5, 5.41) is 4.86. The van der Waals surface area contributed by atoms with Gasteiger partial charge in [-0.2, -0.15) is 5.10 Å². The highest BCUT2D eigenvalue weighted by Crippen LogP contribution is 2.41. The SMILES string of the molecule is CCCN1CCn2nc(-c3ccc(F)cc3)c(-c3cn(-c4ccccc4CN)c(=O)cn3)c21. The minimum Gasteiger partial charge on any atom is -0.354 e. The molecule has 7 nitrogen and oxygen atoms in total. The van der Waals surface area contributed by atoms with Crippen molar-refractivity contribution >= 4 is 5.82 Å². The van der Waals surface area contributed by atoms with Gasteiger partial charge in [0.05, 0.1) is 29.7 Å². The highest BCUT2D eigenvalue weighted by molar-refractivity contribution is 5.88. The second-order valence-electron chi connectivity index (χ2n) is 8.08. The van der Waals surface area contributed by atoms with Crippen molar-refractivity contribution in [3.8, 4) is 28.2 Å². The van der Waals surface area contributed by atoms with E-state index in [2.05, 4.69) is 16.8 Å². The second kappa shape index (κ2) is 8.63. The first-order valence-corrected chi connectivity index (χ1v) is 11.1. The van der Waals surface area contributed by atoms with E-state index in [9.17, 15) is 9.18 Å². The molecule has 33 heavy (non-hydrogen) atoms. The van der Waals surface area contributed by atoms with Gasteiger partial charge in [-0.25, -0.2) is 14.1 Å². The fraction of sp³-hybridized carbons (Fsp3) is 0.240. The van der Waals surface area contributed by atoms with Crippen molar-refractivity contribution in [3.63, 3.8) is 0 Å². The zero-order valence-corrected chi connectivity index (χ0v) is 18.4. The van der Waals surface area contributed by atoms with Crippen LogP contribution in [0.2, 0.25) is 0 Å². The zero-order valence-electron chi connectivity index (χ0n) is 18.4. The topological polar surface area (TPSA) is 82.0 Å². The molecule has 0 atom stereocenters. The average Bonchev–Trinajstić information content (AvgIpc) is 3.40. The van der Waals surface area contributed by atoms with Gasteiger partial charge in [-0.15, -0.1) is 0 Å². The van der Waals surface area contributed by atoms with E-state index >= 15 is 0 Å². The molecule has 0 spiro atoms. The maximum absolute atomic E-state index is 13.6. The van der Waals surface area contributed by atoms with Crippen molar-refractivity contribution in [2.45, 2.75) is 26.4 Å². The molecule has 1 aliphatic rings. The molecule has 8 heteroatoms. The van der Waals surface area contributed by atoms with Crippen LogP contribution in [0.3, 0.4) is 0 Å². The first-order chi connectivity index (χ1) is 16.1. The lowest BCUT2D eigenvalue weighted by atomic mass is 10.0. The third kappa shape index (κ3) is 3.72. The molecule has 0 bridgehead atoms. The number of hydrogen-bond donors (Lipinski definition) is 1. The highest BCUT2D eigenvalue weighted by Gasteiger charge is 2.30. The van der Waals surface area contributed by atoms with E-state index in [0.717, 1.165) is 59.9 Å². The van der Waals surface area contributed by atoms with Crippen molar-refractivity contribution < 1.29 is 4.39 Å². The molecular formula is C25H25FN6O. The Hall–Kier alpha value is -3.78. The van der Waals surface area contributed by atoms with Crippen LogP contribution in [-0.4, -0.2) is 32.4 Å². The Labute approximate surface area is 190 Å². The Morgan fingerprint density at radius 3 is 2.64 bits per heavy atom. The summed E-state index contributed by atoms with van der Waals surface area (Å²) in [5.41, 5.74) is 10.3. The van der Waals surface area contributed by atoms with E-state index in [4.69, 9.17) is 10.8 Å². The smallest absolute Gasteiger partial charge is 0.273 e. The quantitative estimate of drug-likeness (QED) is 0.492. The molecule has 2 N–H and O–H groups in total. The van der Waals surface area contributed by atoms with Gasteiger partial charge in [0.1, 0.15) is 17.3 Å². The fourth-order valence-corrected chi connectivity index (χ4v) is 4.43. The summed E-state index contributed by atoms with van der Waals surface area (Å²) in [5.74, 6) is 0.672. The predicted octanol–water partition coefficient (Wildman–Crippen LogP) is 3.59. The number of rotatable bonds is 6. The molecule has 0 saturated heterocycles. The lowest BCUT2D eigenvalue weighted by Crippen LogP contribution is -2.22. The molecule has 168 valence electrons. The van der Waals surface area contributed by atoms with Crippen LogP contribution in [0.25, 0.3) is 28.2 Å². The van der Waals surface area contributed by atoms with Crippen LogP contribution in [0, 0.1) is 5.82 Å². The van der Waals surface area contributed by atoms with Crippen molar-refractivity contribution in [1.82, 2.24) is 19.3 Å². The lowest BCUT2D eigenvalue weighted by molar-refractivity contribution is 0.628. The Kier molecular flexibility index (Phi) is 5.51. The minimum atomic E-state index is -0.301. The van der Waals surface area contributed by atoms with Gasteiger partial charge in [-0.1, -0.05) is 25.1 Å². The largest absolute Gasteiger partial charge is 0.354 e. The fourth-order valence-electron chi connectivity index (χ4n) is 4.43. The van der Waals surface area contributed by atoms with Crippen LogP contribution in [0.15, 0.2) is 65.7 Å². The van der Waals surface area contributed by atoms with Crippen LogP contribution in [0.4, 0.5) is 10.2 Å². The molecule has 0 fully saturated rings. The van der Waals surface area contributed by atoms with Gasteiger partial charge in [-0.3, -0.25) is 9.36 Å². The van der Waals surface area contributed by atoms with E-state index < -0.39 is 0 Å². The van der Waals surface area contributed by atoms with Gasteiger partial charge < -0.3 is 10.6 Å². The summed E-state index contributed by atoms with van der Waals surface area (Å²) >= 11 is 0. The summed E-state index contributed by atoms with van der Waals surface area (Å²) in [4.78, 5) is 19.6. The third-order valence-corrected chi connectivity index (χ3v) is 5.95. The molecule has 4 aromatic rings. The van der Waals surface area contributed by atoms with Crippen molar-refractivity contribution in [2.75, 3.05) is 18.0 Å². The van der Waals surface area contributed by atoms with Gasteiger partial charge >= 0.3 is 0 Å². The van der Waals surface area contributed by atoms with Crippen LogP contribution in [0.1, 0.15) is 18.9 Å². The van der Waals surface area contributed by atoms with Gasteiger partial charge in [0, 0.05) is 31.4 Å². The number of hydrogen-bond acceptors (Lipinski definition) is 5. The molecule has 1 aliphatic heterocycles. The molecule has 3 heterocycles. The maximum Gasteiger partial charge on any atom is 0.273 e. The number of anilines is 1. The molecule has 0 unspecified atom stereocenters. The first-order valence-electron chi connectivity index (χ1n) is 11.1. The van der Waals surface area contributed by atoms with E-state index in [1.165, 1.54) is 18.3 Å². The third-order valence-electron chi connectivity index (χ3n) is 5.95. The van der Waals surface area contributed by atoms with Gasteiger partial charge in [0.2, 0.25) is 0 Å². The maximum atomic E-state index is 13.6. The molecule has 5 rings (SSSR count). The Morgan fingerprint density at radius 1 is 1.09 bits per heavy atom. The normalized spacial score (nSPS) is 12.9. The Balaban J connectivity index is 1.74. The molecule has 0 aliphatic carbocycles. The van der Waals surface area contributed by atoms with Gasteiger partial charge in [0.25, 0.3) is 5.56 Å². The summed E-state index contributed by atoms with van der Waals surface area (Å²) in [6, 6.07) is 13.9. The molecule has 0 saturated carbocycles. The molecule has 0 radical (unpaired) electrons. The molecule has 2 aromatic heterocycles. The Bertz CT molecular complexity index is 1360. The van der Waals surface area contributed by atoms with E-state index in [1.807, 2.05) is 28.9 Å². The average molecular weight is 445 g/mol. The van der Waals surface area contributed by atoms with Crippen molar-refractivity contribution in [3.05, 3.63) is 82.7 Å². The number of benzene rings is 2. The van der Waals surface area contributed by atoms with E-state index in [0.29, 0.717) is 12.2 Å². The summed E-state index contributed by atoms with van der Waals surface area (Å²) in [7, 11) is 0. The van der Waals surface area contributed by atoms with Crippen LogP contribution >= 0.6 is 0 Å². The second-order valence-corrected chi connectivity index (χ2v) is 8.08. The number of para-hydroxylation sites is 1. The predicted molar refractivity (Wildman–Crippen MR) is 127 cm³/mol. The van der Waals surface area contributed by atoms with Crippen LogP contribution in [0.5, 0.6) is 0 Å². The molecular weight excluding hydrogens is 419 g/mol. The molecule has 0 amide bonds. The Morgan fingerprint density at radius 2 is 1.88 bits per heavy atom. The summed E-state index contributed by atoms with van der Waals surface area (Å²) in [6.07, 6.45) is 4.08. The monoisotopic (exact) mass is 444 g/mol. The lowest BCUT2D eigenvalue weighted by Gasteiger charge is -2.19. The van der Waals surface area contributed by atoms with Crippen molar-refractivity contribution in [2.24, 2.45) is 5.73 Å². The number of aromatic nitrogens is 4. The zero-order chi connectivity index (χ0) is 22.9. The number of halogens is 1. The molecule has 2 aromatic carbocycles. The first kappa shape index (κ1) is 21.1. The van der Waals surface area contributed by atoms with Crippen molar-refractivity contribution in [1.29, 1.82) is 0 Å². The summed E-state index contributed by atoms with van der Waals surface area (Å²) in [6.45, 7) is 4.97. The number of fused-ring (bicyclic) bond motifs is 1. The van der Waals surface area contributed by atoms with E-state index in [-0.39, 0.29) is 11.4 Å². The minimum absolute atomic E-state index is 0.239. The highest BCUT2D eigenvalue weighted by atomic mass is 19.1. The number of nitrogens with two attached hydrogens (primary N) is 1. The van der Waals surface area contributed by atoms with Crippen LogP contribution in [-0.2, 0) is 13.1 Å². The van der Waals surface area contributed by atoms with Crippen LogP contribution < -0.4 is 16.2 Å². The van der Waals surface area contributed by atoms with Gasteiger partial charge in [0.15, 0.2) is 0 Å². The summed E-state index contributed by atoms with van der Waals surface area (Å²) < 4.78 is 17.2.